The predicted octanol–water partition coefficient (Wildman–Crippen LogP) is -0.417. The van der Waals surface area contributed by atoms with Crippen LogP contribution in [0.3, 0.4) is 0 Å². The van der Waals surface area contributed by atoms with Gasteiger partial charge in [0.25, 0.3) is 0 Å². The third-order valence-corrected chi connectivity index (χ3v) is 1.74. The number of nitrogens with zero attached hydrogens (tertiary/aromatic N) is 3. The topological polar surface area (TPSA) is 66.3 Å². The average molecular weight is 195 g/mol. The van der Waals surface area contributed by atoms with Crippen LogP contribution in [-0.4, -0.2) is 52.5 Å². The number of hydrogen-bond acceptors (Lipinski definition) is 5. The van der Waals surface area contributed by atoms with E-state index >= 15 is 0 Å². The minimum atomic E-state index is -0.0888. The predicted molar refractivity (Wildman–Crippen MR) is 50.9 cm³/mol. The zero-order valence-corrected chi connectivity index (χ0v) is 8.05. The van der Waals surface area contributed by atoms with Gasteiger partial charge in [0.05, 0.1) is 19.3 Å². The summed E-state index contributed by atoms with van der Waals surface area (Å²) in [7, 11) is 1.77. The maximum atomic E-state index is 11.5. The summed E-state index contributed by atoms with van der Waals surface area (Å²) in [5.74, 6) is -0.0888. The number of aliphatic hydroxyl groups is 1. The number of carbonyl (C=O) groups excluding carboxylic acids is 1. The molecule has 0 aliphatic rings. The van der Waals surface area contributed by atoms with Crippen LogP contribution in [0, 0.1) is 0 Å². The monoisotopic (exact) mass is 195 g/mol. The summed E-state index contributed by atoms with van der Waals surface area (Å²) < 4.78 is 0. The molecule has 1 aromatic heterocycles. The van der Waals surface area contributed by atoms with Crippen molar-refractivity contribution in [2.24, 2.45) is 0 Å². The second-order valence-electron chi connectivity index (χ2n) is 2.98. The molecule has 0 atom stereocenters. The molecule has 1 rings (SSSR count). The molecule has 5 nitrogen and oxygen atoms in total. The Morgan fingerprint density at radius 2 is 2.36 bits per heavy atom. The number of ketones is 1. The molecule has 0 fully saturated rings. The van der Waals surface area contributed by atoms with Crippen LogP contribution < -0.4 is 0 Å². The quantitative estimate of drug-likeness (QED) is 0.646. The van der Waals surface area contributed by atoms with Crippen LogP contribution in [0.5, 0.6) is 0 Å². The molecule has 5 heteroatoms. The molecular formula is C9H13N3O2. The first-order chi connectivity index (χ1) is 6.74. The smallest absolute Gasteiger partial charge is 0.196 e. The highest BCUT2D eigenvalue weighted by molar-refractivity contribution is 5.95. The zero-order chi connectivity index (χ0) is 10.4. The summed E-state index contributed by atoms with van der Waals surface area (Å²) >= 11 is 0. The molecule has 0 radical (unpaired) electrons. The van der Waals surface area contributed by atoms with Gasteiger partial charge in [-0.2, -0.15) is 0 Å². The van der Waals surface area contributed by atoms with Crippen molar-refractivity contribution in [3.05, 3.63) is 24.3 Å². The lowest BCUT2D eigenvalue weighted by atomic mass is 10.3. The molecule has 0 saturated heterocycles. The first-order valence-electron chi connectivity index (χ1n) is 4.32. The Kier molecular flexibility index (Phi) is 4.15. The number of aliphatic hydroxyl groups excluding tert-OH is 1. The number of carbonyl (C=O) groups is 1. The fourth-order valence-electron chi connectivity index (χ4n) is 1.02. The highest BCUT2D eigenvalue weighted by Gasteiger charge is 2.09. The molecule has 0 saturated carbocycles. The number of likely N-dealkylation sites (N-methyl/N-ethyl adjacent to an activating group) is 1. The highest BCUT2D eigenvalue weighted by Crippen LogP contribution is 1.94. The van der Waals surface area contributed by atoms with Crippen molar-refractivity contribution in [1.82, 2.24) is 14.9 Å². The first kappa shape index (κ1) is 10.7. The number of aromatic nitrogens is 2. The largest absolute Gasteiger partial charge is 0.395 e. The Morgan fingerprint density at radius 3 is 2.93 bits per heavy atom. The first-order valence-corrected chi connectivity index (χ1v) is 4.32. The van der Waals surface area contributed by atoms with Crippen LogP contribution in [0.15, 0.2) is 18.6 Å². The Bertz CT molecular complexity index is 289. The molecule has 0 unspecified atom stereocenters. The van der Waals surface area contributed by atoms with E-state index in [2.05, 4.69) is 9.97 Å². The Labute approximate surface area is 82.4 Å². The lowest BCUT2D eigenvalue weighted by Crippen LogP contribution is -2.29. The second kappa shape index (κ2) is 5.41. The average Bonchev–Trinajstić information content (AvgIpc) is 2.19. The van der Waals surface area contributed by atoms with Crippen molar-refractivity contribution in [2.75, 3.05) is 26.7 Å². The van der Waals surface area contributed by atoms with Gasteiger partial charge in [0.2, 0.25) is 0 Å². The molecular weight excluding hydrogens is 182 g/mol. The fourth-order valence-corrected chi connectivity index (χ4v) is 1.02. The van der Waals surface area contributed by atoms with Crippen LogP contribution in [0.1, 0.15) is 10.5 Å². The molecule has 0 amide bonds. The van der Waals surface area contributed by atoms with E-state index in [1.807, 2.05) is 0 Å². The Morgan fingerprint density at radius 1 is 1.57 bits per heavy atom. The molecule has 1 N–H and O–H groups in total. The molecule has 0 bridgehead atoms. The van der Waals surface area contributed by atoms with Gasteiger partial charge in [-0.1, -0.05) is 0 Å². The molecule has 0 aliphatic heterocycles. The van der Waals surface area contributed by atoms with Crippen molar-refractivity contribution in [3.8, 4) is 0 Å². The third-order valence-electron chi connectivity index (χ3n) is 1.74. The van der Waals surface area contributed by atoms with Gasteiger partial charge in [-0.3, -0.25) is 14.7 Å². The number of hydrogen-bond donors (Lipinski definition) is 1. The molecule has 0 aromatic carbocycles. The Balaban J connectivity index is 2.51. The van der Waals surface area contributed by atoms with E-state index in [9.17, 15) is 4.79 Å². The van der Waals surface area contributed by atoms with Crippen LogP contribution in [0.25, 0.3) is 0 Å². The summed E-state index contributed by atoms with van der Waals surface area (Å²) in [5, 5.41) is 8.64. The molecule has 0 spiro atoms. The molecule has 0 aliphatic carbocycles. The van der Waals surface area contributed by atoms with Gasteiger partial charge in [0.1, 0.15) is 5.69 Å². The van der Waals surface area contributed by atoms with Gasteiger partial charge in [0.15, 0.2) is 5.78 Å². The van der Waals surface area contributed by atoms with Gasteiger partial charge < -0.3 is 5.11 Å². The fraction of sp³-hybridized carbons (Fsp3) is 0.444. The molecule has 1 aromatic rings. The lowest BCUT2D eigenvalue weighted by Gasteiger charge is -2.12. The van der Waals surface area contributed by atoms with E-state index in [-0.39, 0.29) is 18.9 Å². The van der Waals surface area contributed by atoms with Crippen LogP contribution >= 0.6 is 0 Å². The molecule has 76 valence electrons. The van der Waals surface area contributed by atoms with Crippen molar-refractivity contribution in [3.63, 3.8) is 0 Å². The summed E-state index contributed by atoms with van der Waals surface area (Å²) in [6.45, 7) is 0.773. The maximum Gasteiger partial charge on any atom is 0.196 e. The van der Waals surface area contributed by atoms with Gasteiger partial charge in [-0.25, -0.2) is 4.98 Å². The van der Waals surface area contributed by atoms with Gasteiger partial charge in [0, 0.05) is 18.9 Å². The lowest BCUT2D eigenvalue weighted by molar-refractivity contribution is 0.0930. The minimum Gasteiger partial charge on any atom is -0.395 e. The van der Waals surface area contributed by atoms with Crippen molar-refractivity contribution in [2.45, 2.75) is 0 Å². The standard InChI is InChI=1S/C9H13N3O2/c1-12(4-5-13)7-9(14)8-6-10-2-3-11-8/h2-3,6,13H,4-5,7H2,1H3. The van der Waals surface area contributed by atoms with Crippen LogP contribution in [0.2, 0.25) is 0 Å². The highest BCUT2D eigenvalue weighted by atomic mass is 16.3. The normalized spacial score (nSPS) is 10.5. The van der Waals surface area contributed by atoms with E-state index in [0.717, 1.165) is 0 Å². The molecule has 14 heavy (non-hydrogen) atoms. The van der Waals surface area contributed by atoms with E-state index in [4.69, 9.17) is 5.11 Å². The van der Waals surface area contributed by atoms with E-state index < -0.39 is 0 Å². The van der Waals surface area contributed by atoms with E-state index in [0.29, 0.717) is 12.2 Å². The van der Waals surface area contributed by atoms with Crippen molar-refractivity contribution in [1.29, 1.82) is 0 Å². The number of rotatable bonds is 5. The van der Waals surface area contributed by atoms with Gasteiger partial charge >= 0.3 is 0 Å². The minimum absolute atomic E-state index is 0.0459. The van der Waals surface area contributed by atoms with Crippen molar-refractivity contribution >= 4 is 5.78 Å². The Hall–Kier alpha value is -1.33. The summed E-state index contributed by atoms with van der Waals surface area (Å²) in [5.41, 5.74) is 0.359. The van der Waals surface area contributed by atoms with Crippen LogP contribution in [0.4, 0.5) is 0 Å². The SMILES string of the molecule is CN(CCO)CC(=O)c1cnccn1. The third kappa shape index (κ3) is 3.20. The summed E-state index contributed by atoms with van der Waals surface area (Å²) in [6, 6.07) is 0. The van der Waals surface area contributed by atoms with Gasteiger partial charge in [-0.05, 0) is 7.05 Å². The maximum absolute atomic E-state index is 11.5. The van der Waals surface area contributed by atoms with Gasteiger partial charge in [-0.15, -0.1) is 0 Å². The number of Topliss-reactive ketones (excluding diaryl/α,β-unsaturated/α-hetero) is 1. The second-order valence-corrected chi connectivity index (χ2v) is 2.98. The van der Waals surface area contributed by atoms with Crippen LogP contribution in [-0.2, 0) is 0 Å². The zero-order valence-electron chi connectivity index (χ0n) is 8.05. The van der Waals surface area contributed by atoms with Crippen molar-refractivity contribution < 1.29 is 9.90 Å². The van der Waals surface area contributed by atoms with E-state index in [1.54, 1.807) is 11.9 Å². The summed E-state index contributed by atoms with van der Waals surface area (Å²) in [6.07, 6.45) is 4.45. The van der Waals surface area contributed by atoms with E-state index in [1.165, 1.54) is 18.6 Å². The molecule has 1 heterocycles. The summed E-state index contributed by atoms with van der Waals surface area (Å²) in [4.78, 5) is 20.9.